The third-order valence-electron chi connectivity index (χ3n) is 4.53. The van der Waals surface area contributed by atoms with Crippen LogP contribution in [0, 0.1) is 0 Å². The first-order valence-electron chi connectivity index (χ1n) is 8.02. The number of hydrogen-bond donors (Lipinski definition) is 0. The van der Waals surface area contributed by atoms with Gasteiger partial charge >= 0.3 is 0 Å². The van der Waals surface area contributed by atoms with Gasteiger partial charge < -0.3 is 4.43 Å². The smallest absolute Gasteiger partial charge is 0.265 e. The zero-order valence-electron chi connectivity index (χ0n) is 14.9. The van der Waals surface area contributed by atoms with Crippen LogP contribution >= 0.6 is 0 Å². The van der Waals surface area contributed by atoms with Crippen molar-refractivity contribution in [1.29, 1.82) is 0 Å². The molecule has 1 aromatic carbocycles. The average Bonchev–Trinajstić information content (AvgIpc) is 2.33. The van der Waals surface area contributed by atoms with Crippen LogP contribution in [-0.2, 0) is 4.80 Å². The highest BCUT2D eigenvalue weighted by Crippen LogP contribution is 2.42. The van der Waals surface area contributed by atoms with E-state index in [0.717, 1.165) is 10.9 Å². The summed E-state index contributed by atoms with van der Waals surface area (Å²) in [4.78, 5) is 12.6. The minimum atomic E-state index is -2.63. The molecule has 0 fully saturated rings. The lowest BCUT2D eigenvalue weighted by molar-refractivity contribution is 0.438. The van der Waals surface area contributed by atoms with Crippen molar-refractivity contribution in [2.24, 2.45) is 0 Å². The molecule has 0 atom stereocenters. The fourth-order valence-electron chi connectivity index (χ4n) is 3.60. The molecule has 0 saturated carbocycles. The maximum absolute atomic E-state index is 12.6. The Kier molecular flexibility index (Phi) is 5.86. The van der Waals surface area contributed by atoms with E-state index in [4.69, 9.17) is 4.43 Å². The summed E-state index contributed by atoms with van der Waals surface area (Å²) in [7, 11) is -4.63. The van der Waals surface area contributed by atoms with Gasteiger partial charge in [0.15, 0.2) is 0 Å². The predicted molar refractivity (Wildman–Crippen MR) is 95.9 cm³/mol. The molecule has 0 aliphatic rings. The largest absolute Gasteiger partial charge is 0.543 e. The molecule has 0 spiro atoms. The van der Waals surface area contributed by atoms with E-state index < -0.39 is 16.6 Å². The number of para-hydroxylation sites is 1. The topological polar surface area (TPSA) is 29.1 Å². The molecule has 0 heterocycles. The second kappa shape index (κ2) is 6.67. The molecular formula is C17H31O2Si2. The highest BCUT2D eigenvalue weighted by atomic mass is 28.4. The zero-order valence-corrected chi connectivity index (χ0v) is 16.9. The molecule has 2 nitrogen and oxygen atoms in total. The fraction of sp³-hybridized carbons (Fsp3) is 0.647. The second-order valence-corrected chi connectivity index (χ2v) is 16.4. The normalized spacial score (nSPS) is 13.3. The van der Waals surface area contributed by atoms with E-state index in [-0.39, 0.29) is 0 Å². The standard InChI is InChI=1S/C17H31O2Si2/c1-13(2)21(14(3)4,15(5)6)19-16-11-9-10-12-17(16)20(7,8)18/h9-15H,1-8H3. The van der Waals surface area contributed by atoms with Gasteiger partial charge in [0, 0.05) is 5.19 Å². The van der Waals surface area contributed by atoms with E-state index in [1.807, 2.05) is 37.4 Å². The first kappa shape index (κ1) is 18.5. The van der Waals surface area contributed by atoms with Gasteiger partial charge in [0.25, 0.3) is 16.6 Å². The van der Waals surface area contributed by atoms with Crippen LogP contribution in [0.2, 0.25) is 29.7 Å². The van der Waals surface area contributed by atoms with Gasteiger partial charge in [-0.3, -0.25) is 4.80 Å². The minimum absolute atomic E-state index is 0.516. The molecule has 1 aromatic rings. The van der Waals surface area contributed by atoms with Gasteiger partial charge in [0.05, 0.1) is 0 Å². The van der Waals surface area contributed by atoms with Crippen molar-refractivity contribution in [3.8, 4) is 5.75 Å². The number of hydrogen-bond acceptors (Lipinski definition) is 1. The SMILES string of the molecule is CC(C)[Si](Oc1ccccc1[Si](C)(C)[O])(C(C)C)C(C)C. The Morgan fingerprint density at radius 1 is 0.857 bits per heavy atom. The molecule has 0 aromatic heterocycles. The maximum atomic E-state index is 12.6. The van der Waals surface area contributed by atoms with Gasteiger partial charge in [-0.1, -0.05) is 59.7 Å². The first-order valence-corrected chi connectivity index (χ1v) is 13.1. The monoisotopic (exact) mass is 323 g/mol. The van der Waals surface area contributed by atoms with Crippen LogP contribution in [0.4, 0.5) is 0 Å². The van der Waals surface area contributed by atoms with Crippen LogP contribution in [0.3, 0.4) is 0 Å². The van der Waals surface area contributed by atoms with Gasteiger partial charge in [-0.05, 0) is 35.8 Å². The number of rotatable bonds is 6. The van der Waals surface area contributed by atoms with E-state index in [2.05, 4.69) is 41.5 Å². The first-order chi connectivity index (χ1) is 9.53. The van der Waals surface area contributed by atoms with E-state index in [0.29, 0.717) is 16.6 Å². The van der Waals surface area contributed by atoms with Crippen molar-refractivity contribution < 1.29 is 9.22 Å². The third kappa shape index (κ3) is 3.79. The summed E-state index contributed by atoms with van der Waals surface area (Å²) in [5.41, 5.74) is 1.55. The number of benzene rings is 1. The maximum Gasteiger partial charge on any atom is 0.265 e. The predicted octanol–water partition coefficient (Wildman–Crippen LogP) is 5.08. The Hall–Kier alpha value is -0.586. The van der Waals surface area contributed by atoms with Crippen molar-refractivity contribution in [3.05, 3.63) is 24.3 Å². The van der Waals surface area contributed by atoms with E-state index in [1.165, 1.54) is 0 Å². The Morgan fingerprint density at radius 3 is 1.67 bits per heavy atom. The average molecular weight is 324 g/mol. The van der Waals surface area contributed by atoms with Gasteiger partial charge in [0.1, 0.15) is 5.75 Å². The molecular weight excluding hydrogens is 292 g/mol. The van der Waals surface area contributed by atoms with Crippen molar-refractivity contribution in [1.82, 2.24) is 0 Å². The lowest BCUT2D eigenvalue weighted by Gasteiger charge is -2.43. The molecule has 0 aliphatic heterocycles. The van der Waals surface area contributed by atoms with Crippen LogP contribution in [0.1, 0.15) is 41.5 Å². The molecule has 1 rings (SSSR count). The van der Waals surface area contributed by atoms with E-state index in [1.54, 1.807) is 0 Å². The second-order valence-electron chi connectivity index (χ2n) is 7.43. The molecule has 119 valence electrons. The van der Waals surface area contributed by atoms with Crippen molar-refractivity contribution in [3.63, 3.8) is 0 Å². The summed E-state index contributed by atoms with van der Waals surface area (Å²) in [5.74, 6) is 0.854. The van der Waals surface area contributed by atoms with Gasteiger partial charge in [-0.15, -0.1) is 0 Å². The molecule has 21 heavy (non-hydrogen) atoms. The van der Waals surface area contributed by atoms with Gasteiger partial charge in [0.2, 0.25) is 0 Å². The van der Waals surface area contributed by atoms with E-state index in [9.17, 15) is 4.80 Å². The molecule has 0 aliphatic carbocycles. The Balaban J connectivity index is 3.35. The van der Waals surface area contributed by atoms with Crippen LogP contribution in [-0.4, -0.2) is 16.6 Å². The fourth-order valence-corrected chi connectivity index (χ4v) is 10.2. The van der Waals surface area contributed by atoms with Crippen LogP contribution in [0.5, 0.6) is 5.75 Å². The van der Waals surface area contributed by atoms with Gasteiger partial charge in [-0.2, -0.15) is 0 Å². The molecule has 4 heteroatoms. The zero-order chi connectivity index (χ0) is 16.4. The lowest BCUT2D eigenvalue weighted by Crippen LogP contribution is -2.53. The summed E-state index contributed by atoms with van der Waals surface area (Å²) in [6.07, 6.45) is 0. The van der Waals surface area contributed by atoms with Gasteiger partial charge in [-0.25, -0.2) is 0 Å². The molecule has 0 N–H and O–H groups in total. The molecule has 1 radical (unpaired) electrons. The summed E-state index contributed by atoms with van der Waals surface area (Å²) >= 11 is 0. The summed E-state index contributed by atoms with van der Waals surface area (Å²) in [6.45, 7) is 17.3. The highest BCUT2D eigenvalue weighted by molar-refractivity contribution is 6.84. The Bertz CT molecular complexity index is 440. The summed E-state index contributed by atoms with van der Waals surface area (Å²) in [6, 6.07) is 7.91. The van der Waals surface area contributed by atoms with Crippen molar-refractivity contribution >= 4 is 21.8 Å². The van der Waals surface area contributed by atoms with Crippen LogP contribution in [0.25, 0.3) is 0 Å². The third-order valence-corrected chi connectivity index (χ3v) is 12.2. The molecule has 0 saturated heterocycles. The van der Waals surface area contributed by atoms with Crippen molar-refractivity contribution in [2.45, 2.75) is 71.3 Å². The highest BCUT2D eigenvalue weighted by Gasteiger charge is 2.47. The molecule has 0 unspecified atom stereocenters. The minimum Gasteiger partial charge on any atom is -0.543 e. The molecule has 0 amide bonds. The molecule has 0 bridgehead atoms. The quantitative estimate of drug-likeness (QED) is 0.671. The Morgan fingerprint density at radius 2 is 1.29 bits per heavy atom. The van der Waals surface area contributed by atoms with Crippen molar-refractivity contribution in [2.75, 3.05) is 0 Å². The van der Waals surface area contributed by atoms with Crippen LogP contribution < -0.4 is 9.61 Å². The Labute approximate surface area is 132 Å². The lowest BCUT2D eigenvalue weighted by atomic mass is 10.3. The van der Waals surface area contributed by atoms with Crippen LogP contribution in [0.15, 0.2) is 24.3 Å². The summed E-state index contributed by atoms with van der Waals surface area (Å²) in [5, 5.41) is 0.906. The van der Waals surface area contributed by atoms with E-state index >= 15 is 0 Å². The summed E-state index contributed by atoms with van der Waals surface area (Å²) < 4.78 is 6.72.